The molecule has 126 valence electrons. The third-order valence-electron chi connectivity index (χ3n) is 3.51. The molecule has 2 aromatic heterocycles. The molecule has 0 saturated heterocycles. The van der Waals surface area contributed by atoms with Crippen LogP contribution >= 0.6 is 11.3 Å². The zero-order valence-electron chi connectivity index (χ0n) is 13.3. The van der Waals surface area contributed by atoms with E-state index in [1.165, 1.54) is 18.3 Å². The highest BCUT2D eigenvalue weighted by atomic mass is 32.1. The summed E-state index contributed by atoms with van der Waals surface area (Å²) in [5.74, 6) is -0.669. The number of aromatic amines is 1. The largest absolute Gasteiger partial charge is 0.504 e. The molecule has 0 unspecified atom stereocenters. The zero-order chi connectivity index (χ0) is 17.8. The van der Waals surface area contributed by atoms with E-state index < -0.39 is 0 Å². The Morgan fingerprint density at radius 1 is 1.24 bits per heavy atom. The minimum atomic E-state index is -0.339. The van der Waals surface area contributed by atoms with E-state index in [4.69, 9.17) is 0 Å². The molecule has 3 rings (SSSR count). The number of ketones is 2. The second-order valence-electron chi connectivity index (χ2n) is 5.38. The van der Waals surface area contributed by atoms with Crippen LogP contribution in [0.3, 0.4) is 0 Å². The maximum Gasteiger partial charge on any atom is 0.239 e. The van der Waals surface area contributed by atoms with Gasteiger partial charge in [0.2, 0.25) is 5.82 Å². The van der Waals surface area contributed by atoms with Crippen molar-refractivity contribution in [1.82, 2.24) is 20.6 Å². The summed E-state index contributed by atoms with van der Waals surface area (Å²) in [6.07, 6.45) is 1.73. The third kappa shape index (κ3) is 4.04. The first-order valence-electron chi connectivity index (χ1n) is 7.39. The minimum absolute atomic E-state index is 0.0307. The van der Waals surface area contributed by atoms with Gasteiger partial charge in [-0.25, -0.2) is 0 Å². The van der Waals surface area contributed by atoms with Gasteiger partial charge in [-0.1, -0.05) is 24.3 Å². The fourth-order valence-corrected chi connectivity index (χ4v) is 3.04. The Morgan fingerprint density at radius 2 is 2.00 bits per heavy atom. The molecule has 7 nitrogen and oxygen atoms in total. The van der Waals surface area contributed by atoms with Gasteiger partial charge in [0.1, 0.15) is 0 Å². The van der Waals surface area contributed by atoms with Crippen LogP contribution in [0.25, 0.3) is 5.76 Å². The lowest BCUT2D eigenvalue weighted by Crippen LogP contribution is -1.95. The van der Waals surface area contributed by atoms with Crippen molar-refractivity contribution in [3.05, 3.63) is 69.2 Å². The minimum Gasteiger partial charge on any atom is -0.504 e. The fraction of sp³-hybridized carbons (Fsp3) is 0.118. The van der Waals surface area contributed by atoms with E-state index in [0.717, 1.165) is 17.2 Å². The van der Waals surface area contributed by atoms with Crippen LogP contribution in [0, 0.1) is 0 Å². The van der Waals surface area contributed by atoms with Crippen molar-refractivity contribution >= 4 is 28.7 Å². The number of aliphatic hydroxyl groups excluding tert-OH is 1. The highest BCUT2D eigenvalue weighted by Gasteiger charge is 2.12. The topological polar surface area (TPSA) is 109 Å². The van der Waals surface area contributed by atoms with Crippen molar-refractivity contribution in [1.29, 1.82) is 0 Å². The first-order chi connectivity index (χ1) is 12.0. The van der Waals surface area contributed by atoms with Crippen molar-refractivity contribution in [3.8, 4) is 0 Å². The molecule has 3 aromatic rings. The first kappa shape index (κ1) is 16.7. The Labute approximate surface area is 147 Å². The van der Waals surface area contributed by atoms with Crippen molar-refractivity contribution in [2.24, 2.45) is 0 Å². The maximum absolute atomic E-state index is 12.2. The molecule has 0 radical (unpaired) electrons. The number of Topliss-reactive ketones (excluding diaryl/α,β-unsaturated/α-hetero) is 1. The summed E-state index contributed by atoms with van der Waals surface area (Å²) in [4.78, 5) is 24.0. The summed E-state index contributed by atoms with van der Waals surface area (Å²) in [7, 11) is 0. The van der Waals surface area contributed by atoms with Crippen LogP contribution < -0.4 is 0 Å². The number of allylic oxidation sites excluding steroid dienone is 1. The van der Waals surface area contributed by atoms with E-state index >= 15 is 0 Å². The lowest BCUT2D eigenvalue weighted by molar-refractivity contribution is 0.101. The lowest BCUT2D eigenvalue weighted by atomic mass is 10.0. The molecular weight excluding hydrogens is 340 g/mol. The number of benzene rings is 1. The van der Waals surface area contributed by atoms with E-state index in [0.29, 0.717) is 16.9 Å². The average molecular weight is 354 g/mol. The molecular formula is C17H14N4O3S. The van der Waals surface area contributed by atoms with Gasteiger partial charge in [-0.2, -0.15) is 5.21 Å². The summed E-state index contributed by atoms with van der Waals surface area (Å²) in [5.41, 5.74) is 2.70. The van der Waals surface area contributed by atoms with E-state index in [1.54, 1.807) is 18.2 Å². The van der Waals surface area contributed by atoms with Gasteiger partial charge in [-0.3, -0.25) is 9.59 Å². The van der Waals surface area contributed by atoms with E-state index in [1.807, 2.05) is 17.5 Å². The number of aromatic nitrogens is 4. The molecule has 0 fully saturated rings. The van der Waals surface area contributed by atoms with Gasteiger partial charge in [0, 0.05) is 11.6 Å². The van der Waals surface area contributed by atoms with Crippen molar-refractivity contribution in [2.45, 2.75) is 13.3 Å². The van der Waals surface area contributed by atoms with Gasteiger partial charge in [-0.05, 0) is 41.1 Å². The number of carbonyl (C=O) groups excluding carboxylic acids is 2. The van der Waals surface area contributed by atoms with Gasteiger partial charge < -0.3 is 5.11 Å². The number of rotatable bonds is 6. The molecule has 0 aliphatic heterocycles. The summed E-state index contributed by atoms with van der Waals surface area (Å²) in [5, 5.41) is 24.4. The normalized spacial score (nSPS) is 11.5. The van der Waals surface area contributed by atoms with Crippen molar-refractivity contribution in [2.75, 3.05) is 0 Å². The number of nitrogens with zero attached hydrogens (tertiary/aromatic N) is 3. The van der Waals surface area contributed by atoms with Crippen LogP contribution in [0.1, 0.15) is 43.9 Å². The zero-order valence-corrected chi connectivity index (χ0v) is 14.1. The third-order valence-corrected chi connectivity index (χ3v) is 4.50. The summed E-state index contributed by atoms with van der Waals surface area (Å²) in [6.45, 7) is 1.53. The molecule has 25 heavy (non-hydrogen) atoms. The number of aliphatic hydroxyl groups is 1. The SMILES string of the molecule is CC(=O)c1ccc(Cc2csc(C(=O)C=C(O)c3nn[nH]n3)c2)cc1. The Bertz CT molecular complexity index is 927. The molecule has 0 aliphatic carbocycles. The van der Waals surface area contributed by atoms with Gasteiger partial charge in [-0.15, -0.1) is 21.5 Å². The molecule has 2 N–H and O–H groups in total. The van der Waals surface area contributed by atoms with Gasteiger partial charge in [0.15, 0.2) is 17.3 Å². The van der Waals surface area contributed by atoms with Gasteiger partial charge in [0.25, 0.3) is 0 Å². The van der Waals surface area contributed by atoms with E-state index in [2.05, 4.69) is 20.6 Å². The van der Waals surface area contributed by atoms with Crippen LogP contribution in [0.5, 0.6) is 0 Å². The monoisotopic (exact) mass is 354 g/mol. The molecule has 0 amide bonds. The second-order valence-corrected chi connectivity index (χ2v) is 6.29. The predicted octanol–water partition coefficient (Wildman–Crippen LogP) is 2.84. The smallest absolute Gasteiger partial charge is 0.239 e. The highest BCUT2D eigenvalue weighted by Crippen LogP contribution is 2.20. The summed E-state index contributed by atoms with van der Waals surface area (Å²) >= 11 is 1.30. The quantitative estimate of drug-likeness (QED) is 0.400. The Morgan fingerprint density at radius 3 is 2.64 bits per heavy atom. The highest BCUT2D eigenvalue weighted by molar-refractivity contribution is 7.12. The molecule has 1 aromatic carbocycles. The Hall–Kier alpha value is -3.13. The molecule has 8 heteroatoms. The van der Waals surface area contributed by atoms with Crippen LogP contribution in [0.15, 0.2) is 41.8 Å². The van der Waals surface area contributed by atoms with Crippen molar-refractivity contribution in [3.63, 3.8) is 0 Å². The molecule has 0 bridgehead atoms. The Balaban J connectivity index is 1.70. The number of H-pyrrole nitrogens is 1. The molecule has 0 spiro atoms. The van der Waals surface area contributed by atoms with Crippen LogP contribution in [0.4, 0.5) is 0 Å². The van der Waals surface area contributed by atoms with Gasteiger partial charge >= 0.3 is 0 Å². The number of thiophene rings is 1. The fourth-order valence-electron chi connectivity index (χ4n) is 2.22. The number of tetrazole rings is 1. The second kappa shape index (κ2) is 7.18. The number of carbonyl (C=O) groups is 2. The van der Waals surface area contributed by atoms with Crippen LogP contribution in [-0.2, 0) is 6.42 Å². The molecule has 0 saturated carbocycles. The lowest BCUT2D eigenvalue weighted by Gasteiger charge is -2.00. The first-order valence-corrected chi connectivity index (χ1v) is 8.27. The van der Waals surface area contributed by atoms with Crippen LogP contribution in [-0.4, -0.2) is 37.3 Å². The van der Waals surface area contributed by atoms with E-state index in [9.17, 15) is 14.7 Å². The molecule has 0 aliphatic rings. The number of hydrogen-bond donors (Lipinski definition) is 2. The maximum atomic E-state index is 12.2. The van der Waals surface area contributed by atoms with Gasteiger partial charge in [0.05, 0.1) is 4.88 Å². The number of nitrogens with one attached hydrogen (secondary N) is 1. The van der Waals surface area contributed by atoms with Crippen LogP contribution in [0.2, 0.25) is 0 Å². The van der Waals surface area contributed by atoms with E-state index in [-0.39, 0.29) is 23.2 Å². The summed E-state index contributed by atoms with van der Waals surface area (Å²) < 4.78 is 0. The summed E-state index contributed by atoms with van der Waals surface area (Å²) in [6, 6.07) is 9.17. The molecule has 0 atom stereocenters. The predicted molar refractivity (Wildman–Crippen MR) is 92.7 cm³/mol. The average Bonchev–Trinajstić information content (AvgIpc) is 3.27. The van der Waals surface area contributed by atoms with Crippen molar-refractivity contribution < 1.29 is 14.7 Å². The standard InChI is InChI=1S/C17H14N4O3S/c1-10(22)13-4-2-11(3-5-13)6-12-7-16(25-9-12)14(23)8-15(24)17-18-20-21-19-17/h2-5,7-9,24H,6H2,1H3,(H,18,19,20,21). The molecule has 2 heterocycles. The Kier molecular flexibility index (Phi) is 4.80. The number of hydrogen-bond acceptors (Lipinski definition) is 7.